The van der Waals surface area contributed by atoms with E-state index in [1.165, 1.54) is 12.3 Å². The maximum atomic E-state index is 11.5. The SMILES string of the molecule is C[C@@H](O)C=C[C@@H](C(C)(C)C)S(C)(=O)=O. The van der Waals surface area contributed by atoms with E-state index in [1.807, 2.05) is 20.8 Å². The molecule has 2 atom stereocenters. The summed E-state index contributed by atoms with van der Waals surface area (Å²) in [6.45, 7) is 7.19. The van der Waals surface area contributed by atoms with Crippen LogP contribution < -0.4 is 0 Å². The molecule has 0 aliphatic heterocycles. The second-order valence-electron chi connectivity index (χ2n) is 4.74. The average molecular weight is 220 g/mol. The Morgan fingerprint density at radius 3 is 1.86 bits per heavy atom. The summed E-state index contributed by atoms with van der Waals surface area (Å²) in [5, 5.41) is 8.50. The van der Waals surface area contributed by atoms with Crippen LogP contribution in [-0.2, 0) is 9.84 Å². The molecule has 0 spiro atoms. The monoisotopic (exact) mass is 220 g/mol. The molecule has 0 rings (SSSR count). The van der Waals surface area contributed by atoms with E-state index in [9.17, 15) is 8.42 Å². The lowest BCUT2D eigenvalue weighted by atomic mass is 9.91. The molecule has 0 aliphatic carbocycles. The van der Waals surface area contributed by atoms with Crippen molar-refractivity contribution < 1.29 is 13.5 Å². The van der Waals surface area contributed by atoms with Crippen molar-refractivity contribution in [2.45, 2.75) is 39.0 Å². The first kappa shape index (κ1) is 13.7. The Morgan fingerprint density at radius 2 is 1.64 bits per heavy atom. The molecular formula is C10H20O3S. The minimum atomic E-state index is -3.12. The first-order valence-electron chi connectivity index (χ1n) is 4.60. The zero-order valence-corrected chi connectivity index (χ0v) is 10.3. The molecule has 0 saturated carbocycles. The van der Waals surface area contributed by atoms with Gasteiger partial charge < -0.3 is 5.11 Å². The van der Waals surface area contributed by atoms with Gasteiger partial charge in [0.15, 0.2) is 9.84 Å². The summed E-state index contributed by atoms with van der Waals surface area (Å²) < 4.78 is 22.9. The Hall–Kier alpha value is -0.350. The van der Waals surface area contributed by atoms with E-state index < -0.39 is 21.2 Å². The molecule has 84 valence electrons. The van der Waals surface area contributed by atoms with E-state index in [4.69, 9.17) is 5.11 Å². The van der Waals surface area contributed by atoms with E-state index in [0.717, 1.165) is 0 Å². The maximum Gasteiger partial charge on any atom is 0.154 e. The largest absolute Gasteiger partial charge is 0.389 e. The molecule has 0 unspecified atom stereocenters. The topological polar surface area (TPSA) is 54.4 Å². The summed E-state index contributed by atoms with van der Waals surface area (Å²) in [6.07, 6.45) is 3.69. The van der Waals surface area contributed by atoms with Gasteiger partial charge >= 0.3 is 0 Å². The van der Waals surface area contributed by atoms with Gasteiger partial charge in [-0.15, -0.1) is 0 Å². The summed E-state index contributed by atoms with van der Waals surface area (Å²) in [5.74, 6) is 0. The molecule has 0 aromatic rings. The van der Waals surface area contributed by atoms with Crippen LogP contribution in [0.2, 0.25) is 0 Å². The lowest BCUT2D eigenvalue weighted by Crippen LogP contribution is -2.32. The van der Waals surface area contributed by atoms with Crippen molar-refractivity contribution >= 4 is 9.84 Å². The number of aliphatic hydroxyl groups is 1. The number of rotatable bonds is 3. The summed E-state index contributed by atoms with van der Waals surface area (Å²) in [5.41, 5.74) is -0.348. The third-order valence-electron chi connectivity index (χ3n) is 1.88. The van der Waals surface area contributed by atoms with Gasteiger partial charge in [0.2, 0.25) is 0 Å². The highest BCUT2D eigenvalue weighted by Gasteiger charge is 2.30. The molecule has 0 aliphatic rings. The van der Waals surface area contributed by atoms with E-state index in [1.54, 1.807) is 13.0 Å². The summed E-state index contributed by atoms with van der Waals surface area (Å²) in [6, 6.07) is 0. The minimum absolute atomic E-state index is 0.348. The fourth-order valence-electron chi connectivity index (χ4n) is 1.34. The first-order valence-corrected chi connectivity index (χ1v) is 6.56. The molecule has 0 fully saturated rings. The van der Waals surface area contributed by atoms with Crippen LogP contribution in [0.1, 0.15) is 27.7 Å². The first-order chi connectivity index (χ1) is 6.05. The third kappa shape index (κ3) is 4.77. The zero-order valence-electron chi connectivity index (χ0n) is 9.48. The second kappa shape index (κ2) is 4.45. The van der Waals surface area contributed by atoms with Crippen molar-refractivity contribution in [1.82, 2.24) is 0 Å². The minimum Gasteiger partial charge on any atom is -0.389 e. The quantitative estimate of drug-likeness (QED) is 0.731. The summed E-state index contributed by atoms with van der Waals surface area (Å²) >= 11 is 0. The van der Waals surface area contributed by atoms with E-state index in [-0.39, 0.29) is 5.41 Å². The standard InChI is InChI=1S/C10H20O3S/c1-8(11)6-7-9(10(2,3)4)14(5,12)13/h6-9,11H,1-5H3/t8-,9+/m1/s1. The van der Waals surface area contributed by atoms with Crippen molar-refractivity contribution in [2.75, 3.05) is 6.26 Å². The Bertz CT molecular complexity index is 294. The van der Waals surface area contributed by atoms with Crippen LogP contribution in [0.15, 0.2) is 12.2 Å². The molecule has 0 radical (unpaired) electrons. The van der Waals surface area contributed by atoms with E-state index in [2.05, 4.69) is 0 Å². The molecule has 0 saturated heterocycles. The Kier molecular flexibility index (Phi) is 4.34. The van der Waals surface area contributed by atoms with Gasteiger partial charge in [-0.1, -0.05) is 32.9 Å². The van der Waals surface area contributed by atoms with Crippen molar-refractivity contribution in [2.24, 2.45) is 5.41 Å². The van der Waals surface area contributed by atoms with Crippen LogP contribution in [0, 0.1) is 5.41 Å². The molecule has 0 amide bonds. The van der Waals surface area contributed by atoms with Gasteiger partial charge in [-0.3, -0.25) is 0 Å². The summed E-state index contributed by atoms with van der Waals surface area (Å²) in [4.78, 5) is 0. The van der Waals surface area contributed by atoms with Gasteiger partial charge in [0.25, 0.3) is 0 Å². The van der Waals surface area contributed by atoms with Gasteiger partial charge in [-0.2, -0.15) is 0 Å². The number of hydrogen-bond acceptors (Lipinski definition) is 3. The highest BCUT2D eigenvalue weighted by Crippen LogP contribution is 2.26. The van der Waals surface area contributed by atoms with Gasteiger partial charge in [-0.25, -0.2) is 8.42 Å². The lowest BCUT2D eigenvalue weighted by Gasteiger charge is -2.26. The highest BCUT2D eigenvalue weighted by molar-refractivity contribution is 7.91. The predicted octanol–water partition coefficient (Wildman–Crippen LogP) is 1.38. The predicted molar refractivity (Wildman–Crippen MR) is 58.9 cm³/mol. The molecule has 0 heterocycles. The van der Waals surface area contributed by atoms with Crippen LogP contribution in [0.25, 0.3) is 0 Å². The van der Waals surface area contributed by atoms with Crippen molar-refractivity contribution in [3.05, 3.63) is 12.2 Å². The van der Waals surface area contributed by atoms with Gasteiger partial charge in [0.05, 0.1) is 11.4 Å². The van der Waals surface area contributed by atoms with Crippen LogP contribution in [0.5, 0.6) is 0 Å². The second-order valence-corrected chi connectivity index (χ2v) is 6.91. The van der Waals surface area contributed by atoms with Crippen LogP contribution >= 0.6 is 0 Å². The number of sulfone groups is 1. The van der Waals surface area contributed by atoms with Crippen LogP contribution in [0.4, 0.5) is 0 Å². The molecule has 1 N–H and O–H groups in total. The molecule has 0 bridgehead atoms. The zero-order chi connectivity index (χ0) is 11.6. The van der Waals surface area contributed by atoms with Crippen LogP contribution in [0.3, 0.4) is 0 Å². The smallest absolute Gasteiger partial charge is 0.154 e. The Labute approximate surface area is 86.8 Å². The van der Waals surface area contributed by atoms with Gasteiger partial charge in [0, 0.05) is 6.26 Å². The van der Waals surface area contributed by atoms with Crippen molar-refractivity contribution in [1.29, 1.82) is 0 Å². The Balaban J connectivity index is 4.97. The van der Waals surface area contributed by atoms with Crippen molar-refractivity contribution in [3.63, 3.8) is 0 Å². The number of hydrogen-bond donors (Lipinski definition) is 1. The number of aliphatic hydroxyl groups excluding tert-OH is 1. The fraction of sp³-hybridized carbons (Fsp3) is 0.800. The fourth-order valence-corrected chi connectivity index (χ4v) is 3.00. The van der Waals surface area contributed by atoms with Crippen LogP contribution in [-0.4, -0.2) is 31.1 Å². The Morgan fingerprint density at radius 1 is 1.21 bits per heavy atom. The highest BCUT2D eigenvalue weighted by atomic mass is 32.2. The molecule has 14 heavy (non-hydrogen) atoms. The van der Waals surface area contributed by atoms with Crippen molar-refractivity contribution in [3.8, 4) is 0 Å². The molecule has 3 nitrogen and oxygen atoms in total. The molecule has 4 heteroatoms. The lowest BCUT2D eigenvalue weighted by molar-refractivity contribution is 0.243. The average Bonchev–Trinajstić information content (AvgIpc) is 1.78. The molecule has 0 aromatic heterocycles. The van der Waals surface area contributed by atoms with Gasteiger partial charge in [-0.05, 0) is 12.3 Å². The molecule has 0 aromatic carbocycles. The van der Waals surface area contributed by atoms with Gasteiger partial charge in [0.1, 0.15) is 0 Å². The maximum absolute atomic E-state index is 11.5. The summed E-state index contributed by atoms with van der Waals surface area (Å²) in [7, 11) is -3.12. The normalized spacial score (nSPS) is 18.4. The van der Waals surface area contributed by atoms with E-state index in [0.29, 0.717) is 0 Å². The van der Waals surface area contributed by atoms with E-state index >= 15 is 0 Å². The molecular weight excluding hydrogens is 200 g/mol. The third-order valence-corrected chi connectivity index (χ3v) is 3.67.